The first-order valence-electron chi connectivity index (χ1n) is 13.4. The maximum absolute atomic E-state index is 15.2. The second-order valence-electron chi connectivity index (χ2n) is 11.0. The number of rotatable bonds is 4. The van der Waals surface area contributed by atoms with E-state index >= 15 is 4.39 Å². The highest BCUT2D eigenvalue weighted by atomic mass is 32.2. The Hall–Kier alpha value is -3.45. The lowest BCUT2D eigenvalue weighted by atomic mass is 9.95. The summed E-state index contributed by atoms with van der Waals surface area (Å²) in [6.07, 6.45) is -3.70. The zero-order chi connectivity index (χ0) is 30.7. The fourth-order valence-corrected chi connectivity index (χ4v) is 7.40. The van der Waals surface area contributed by atoms with Crippen LogP contribution in [0.2, 0.25) is 0 Å². The number of benzene rings is 2. The van der Waals surface area contributed by atoms with E-state index in [9.17, 15) is 27.2 Å². The summed E-state index contributed by atoms with van der Waals surface area (Å²) in [7, 11) is 3.61. The molecular weight excluding hydrogens is 577 g/mol. The van der Waals surface area contributed by atoms with Gasteiger partial charge in [0.05, 0.1) is 11.1 Å². The number of likely N-dealkylation sites (N-methyl/N-ethyl adjacent to an activating group) is 1. The smallest absolute Gasteiger partial charge is 0.352 e. The number of hydrogen-bond donors (Lipinski definition) is 0. The number of anilines is 1. The maximum Gasteiger partial charge on any atom is 0.417 e. The Balaban J connectivity index is 1.84. The van der Waals surface area contributed by atoms with Gasteiger partial charge in [-0.05, 0) is 52.2 Å². The van der Waals surface area contributed by atoms with Gasteiger partial charge in [0.1, 0.15) is 17.5 Å². The second-order valence-corrected chi connectivity index (χ2v) is 12.0. The van der Waals surface area contributed by atoms with Crippen LogP contribution in [0.25, 0.3) is 22.0 Å². The summed E-state index contributed by atoms with van der Waals surface area (Å²) in [6.45, 7) is 7.75. The molecule has 1 aromatic heterocycles. The van der Waals surface area contributed by atoms with Crippen LogP contribution in [0.1, 0.15) is 19.4 Å². The number of hydrogen-bond acceptors (Lipinski definition) is 6. The SMILES string of the molecule is C=CC(=O)N1[C@H](C)CN(c2nc(=O)n3c4c(c(-c5ccc(F)cc5F)c(C(F)(F)F)cc24)SC[C@H](N(C)C)C3)C[C@@H]1C. The minimum absolute atomic E-state index is 0.0671. The molecule has 2 aliphatic heterocycles. The summed E-state index contributed by atoms with van der Waals surface area (Å²) in [5.74, 6) is -1.95. The first-order chi connectivity index (χ1) is 19.7. The zero-order valence-electron chi connectivity index (χ0n) is 23.5. The highest BCUT2D eigenvalue weighted by Crippen LogP contribution is 2.49. The Kier molecular flexibility index (Phi) is 7.86. The summed E-state index contributed by atoms with van der Waals surface area (Å²) >= 11 is 1.10. The standard InChI is InChI=1S/C29H30F5N5O2S/c1-6-23(40)39-15(2)11-37(12-16(39)3)27-20-10-21(29(32,33)34)24(19-8-7-17(30)9-22(19)31)26-25(20)38(28(41)35-27)13-18(14-42-26)36(4)5/h6-10,15-16,18H,1,11-14H2,2-5H3/t15-,16+,18-/m1/s1. The molecule has 7 nitrogen and oxygen atoms in total. The molecule has 1 saturated heterocycles. The predicted molar refractivity (Wildman–Crippen MR) is 153 cm³/mol. The van der Waals surface area contributed by atoms with Crippen LogP contribution in [0, 0.1) is 11.6 Å². The van der Waals surface area contributed by atoms with Crippen molar-refractivity contribution in [1.29, 1.82) is 0 Å². The van der Waals surface area contributed by atoms with Gasteiger partial charge in [0, 0.05) is 71.0 Å². The second kappa shape index (κ2) is 11.0. The summed E-state index contributed by atoms with van der Waals surface area (Å²) in [4.78, 5) is 35.7. The van der Waals surface area contributed by atoms with Gasteiger partial charge in [-0.15, -0.1) is 11.8 Å². The first kappa shape index (κ1) is 30.0. The van der Waals surface area contributed by atoms with Crippen LogP contribution in [0.3, 0.4) is 0 Å². The van der Waals surface area contributed by atoms with Gasteiger partial charge in [0.25, 0.3) is 0 Å². The normalized spacial score (nSPS) is 21.1. The Bertz CT molecular complexity index is 1630. The zero-order valence-corrected chi connectivity index (χ0v) is 24.3. The molecule has 224 valence electrons. The predicted octanol–water partition coefficient (Wildman–Crippen LogP) is 5.01. The topological polar surface area (TPSA) is 61.7 Å². The van der Waals surface area contributed by atoms with Gasteiger partial charge in [-0.1, -0.05) is 6.58 Å². The average Bonchev–Trinajstić information content (AvgIpc) is 3.11. The average molecular weight is 608 g/mol. The summed E-state index contributed by atoms with van der Waals surface area (Å²) in [5.41, 5.74) is -2.39. The van der Waals surface area contributed by atoms with E-state index in [1.54, 1.807) is 37.7 Å². The highest BCUT2D eigenvalue weighted by Gasteiger charge is 2.40. The van der Waals surface area contributed by atoms with E-state index in [4.69, 9.17) is 0 Å². The fraction of sp³-hybridized carbons (Fsp3) is 0.414. The molecule has 0 saturated carbocycles. The molecule has 1 amide bonds. The van der Waals surface area contributed by atoms with Crippen LogP contribution in [0.5, 0.6) is 0 Å². The molecule has 3 atom stereocenters. The van der Waals surface area contributed by atoms with Crippen LogP contribution in [0.15, 0.2) is 46.6 Å². The fourth-order valence-electron chi connectivity index (χ4n) is 5.92. The van der Waals surface area contributed by atoms with E-state index in [-0.39, 0.29) is 65.3 Å². The molecule has 2 aromatic carbocycles. The highest BCUT2D eigenvalue weighted by molar-refractivity contribution is 7.99. The number of carbonyl (C=O) groups excluding carboxylic acids is 1. The minimum Gasteiger partial charge on any atom is -0.352 e. The van der Waals surface area contributed by atoms with Crippen molar-refractivity contribution in [3.05, 3.63) is 64.6 Å². The van der Waals surface area contributed by atoms with Crippen LogP contribution < -0.4 is 10.6 Å². The molecule has 1 fully saturated rings. The summed E-state index contributed by atoms with van der Waals surface area (Å²) in [6, 6.07) is 2.43. The van der Waals surface area contributed by atoms with Gasteiger partial charge < -0.3 is 14.7 Å². The van der Waals surface area contributed by atoms with Crippen molar-refractivity contribution in [3.63, 3.8) is 0 Å². The molecule has 0 aliphatic carbocycles. The number of carbonyl (C=O) groups is 1. The number of piperazine rings is 1. The molecule has 2 aliphatic rings. The summed E-state index contributed by atoms with van der Waals surface area (Å²) < 4.78 is 74.7. The van der Waals surface area contributed by atoms with Crippen LogP contribution in [-0.4, -0.2) is 76.3 Å². The molecule has 0 bridgehead atoms. The number of alkyl halides is 3. The third-order valence-corrected chi connectivity index (χ3v) is 9.13. The van der Waals surface area contributed by atoms with Crippen LogP contribution >= 0.6 is 11.8 Å². The number of amides is 1. The van der Waals surface area contributed by atoms with Crippen molar-refractivity contribution in [2.24, 2.45) is 0 Å². The van der Waals surface area contributed by atoms with Crippen LogP contribution in [-0.2, 0) is 17.5 Å². The Morgan fingerprint density at radius 1 is 1.12 bits per heavy atom. The molecular formula is C29H30F5N5O2S. The van der Waals surface area contributed by atoms with Gasteiger partial charge in [0.15, 0.2) is 0 Å². The third-order valence-electron chi connectivity index (χ3n) is 7.90. The van der Waals surface area contributed by atoms with Gasteiger partial charge in [-0.3, -0.25) is 9.36 Å². The summed E-state index contributed by atoms with van der Waals surface area (Å²) in [5, 5.41) is 0.0954. The van der Waals surface area contributed by atoms with E-state index in [2.05, 4.69) is 11.6 Å². The number of thioether (sulfide) groups is 1. The first-order valence-corrected chi connectivity index (χ1v) is 14.3. The van der Waals surface area contributed by atoms with E-state index in [1.807, 2.05) is 4.90 Å². The third kappa shape index (κ3) is 5.17. The number of nitrogens with zero attached hydrogens (tertiary/aromatic N) is 5. The lowest BCUT2D eigenvalue weighted by molar-refractivity contribution is -0.137. The molecule has 0 unspecified atom stereocenters. The number of halogens is 5. The largest absolute Gasteiger partial charge is 0.417 e. The quantitative estimate of drug-likeness (QED) is 0.307. The van der Waals surface area contributed by atoms with Crippen molar-refractivity contribution in [3.8, 4) is 11.1 Å². The van der Waals surface area contributed by atoms with E-state index in [1.165, 1.54) is 10.6 Å². The maximum atomic E-state index is 15.2. The Labute approximate surface area is 243 Å². The van der Waals surface area contributed by atoms with Gasteiger partial charge in [-0.25, -0.2) is 13.6 Å². The minimum atomic E-state index is -4.91. The van der Waals surface area contributed by atoms with Gasteiger partial charge in [-0.2, -0.15) is 18.2 Å². The van der Waals surface area contributed by atoms with E-state index in [0.717, 1.165) is 30.0 Å². The van der Waals surface area contributed by atoms with Crippen LogP contribution in [0.4, 0.5) is 27.8 Å². The van der Waals surface area contributed by atoms with Crippen molar-refractivity contribution >= 4 is 34.4 Å². The molecule has 0 spiro atoms. The molecule has 0 N–H and O–H groups in total. The Morgan fingerprint density at radius 2 is 1.79 bits per heavy atom. The molecule has 0 radical (unpaired) electrons. The van der Waals surface area contributed by atoms with Crippen molar-refractivity contribution in [2.45, 2.75) is 49.6 Å². The Morgan fingerprint density at radius 3 is 2.36 bits per heavy atom. The molecule has 3 aromatic rings. The van der Waals surface area contributed by atoms with E-state index in [0.29, 0.717) is 11.8 Å². The number of aromatic nitrogens is 2. The lowest BCUT2D eigenvalue weighted by Crippen LogP contribution is -2.58. The van der Waals surface area contributed by atoms with Crippen molar-refractivity contribution in [1.82, 2.24) is 19.4 Å². The molecule has 3 heterocycles. The molecule has 13 heteroatoms. The molecule has 42 heavy (non-hydrogen) atoms. The molecule has 5 rings (SSSR count). The van der Waals surface area contributed by atoms with Crippen molar-refractivity contribution in [2.75, 3.05) is 37.8 Å². The monoisotopic (exact) mass is 607 g/mol. The van der Waals surface area contributed by atoms with Gasteiger partial charge >= 0.3 is 11.9 Å². The van der Waals surface area contributed by atoms with E-state index < -0.39 is 40.2 Å². The van der Waals surface area contributed by atoms with Crippen molar-refractivity contribution < 1.29 is 26.7 Å². The lowest BCUT2D eigenvalue weighted by Gasteiger charge is -2.44. The van der Waals surface area contributed by atoms with Gasteiger partial charge in [0.2, 0.25) is 5.91 Å².